The number of hydrogen-bond acceptors (Lipinski definition) is 5. The summed E-state index contributed by atoms with van der Waals surface area (Å²) in [6.07, 6.45) is 2.64. The van der Waals surface area contributed by atoms with E-state index in [1.54, 1.807) is 20.8 Å². The Morgan fingerprint density at radius 2 is 2.05 bits per heavy atom. The lowest BCUT2D eigenvalue weighted by molar-refractivity contribution is -0.154. The number of rotatable bonds is 3. The van der Waals surface area contributed by atoms with E-state index in [1.807, 2.05) is 0 Å². The molecular formula is C12H19N3O4. The summed E-state index contributed by atoms with van der Waals surface area (Å²) in [6.45, 7) is 6.23. The van der Waals surface area contributed by atoms with Gasteiger partial charge in [0.15, 0.2) is 11.4 Å². The van der Waals surface area contributed by atoms with Crippen LogP contribution in [0.1, 0.15) is 27.7 Å². The Hall–Kier alpha value is -1.89. The monoisotopic (exact) mass is 269 g/mol. The summed E-state index contributed by atoms with van der Waals surface area (Å²) in [5, 5.41) is 2.33. The fourth-order valence-electron chi connectivity index (χ4n) is 1.41. The average Bonchev–Trinajstić information content (AvgIpc) is 2.19. The van der Waals surface area contributed by atoms with Crippen molar-refractivity contribution in [2.24, 2.45) is 5.73 Å². The van der Waals surface area contributed by atoms with Gasteiger partial charge in [-0.3, -0.25) is 20.2 Å². The third kappa shape index (κ3) is 4.06. The number of carbonyl (C=O) groups is 3. The Kier molecular flexibility index (Phi) is 4.00. The van der Waals surface area contributed by atoms with Gasteiger partial charge in [-0.25, -0.2) is 4.79 Å². The van der Waals surface area contributed by atoms with Crippen molar-refractivity contribution in [3.63, 3.8) is 0 Å². The molecule has 1 aliphatic heterocycles. The van der Waals surface area contributed by atoms with Gasteiger partial charge in [0.25, 0.3) is 0 Å². The van der Waals surface area contributed by atoms with Crippen LogP contribution in [0.25, 0.3) is 0 Å². The molecule has 0 saturated carbocycles. The highest BCUT2D eigenvalue weighted by atomic mass is 16.6. The molecule has 1 rings (SSSR count). The Bertz CT molecular complexity index is 439. The number of nitrogens with zero attached hydrogens (tertiary/aromatic N) is 1. The highest BCUT2D eigenvalue weighted by Crippen LogP contribution is 2.12. The van der Waals surface area contributed by atoms with Gasteiger partial charge >= 0.3 is 12.0 Å². The zero-order valence-electron chi connectivity index (χ0n) is 11.5. The lowest BCUT2D eigenvalue weighted by Gasteiger charge is -2.32. The minimum absolute atomic E-state index is 0.242. The molecular weight excluding hydrogens is 250 g/mol. The van der Waals surface area contributed by atoms with Gasteiger partial charge in [-0.05, 0) is 33.8 Å². The molecule has 106 valence electrons. The Labute approximate surface area is 111 Å². The third-order valence-corrected chi connectivity index (χ3v) is 2.39. The van der Waals surface area contributed by atoms with E-state index in [-0.39, 0.29) is 6.54 Å². The lowest BCUT2D eigenvalue weighted by Crippen LogP contribution is -2.64. The molecule has 0 saturated heterocycles. The Morgan fingerprint density at radius 1 is 1.47 bits per heavy atom. The number of ketones is 1. The van der Waals surface area contributed by atoms with Gasteiger partial charge in [0.1, 0.15) is 12.1 Å². The van der Waals surface area contributed by atoms with E-state index < -0.39 is 29.0 Å². The van der Waals surface area contributed by atoms with Crippen LogP contribution in [-0.4, -0.2) is 40.5 Å². The van der Waals surface area contributed by atoms with Crippen LogP contribution in [0.2, 0.25) is 0 Å². The predicted octanol–water partition coefficient (Wildman–Crippen LogP) is 0.111. The van der Waals surface area contributed by atoms with Crippen LogP contribution in [0.15, 0.2) is 12.3 Å². The largest absolute Gasteiger partial charge is 0.459 e. The number of Topliss-reactive ketones (excluding diaryl/α,β-unsaturated/α-hetero) is 1. The van der Waals surface area contributed by atoms with E-state index in [0.29, 0.717) is 0 Å². The summed E-state index contributed by atoms with van der Waals surface area (Å²) < 4.78 is 5.10. The van der Waals surface area contributed by atoms with E-state index in [0.717, 1.165) is 4.90 Å². The number of urea groups is 1. The van der Waals surface area contributed by atoms with Gasteiger partial charge in [0, 0.05) is 6.20 Å². The molecule has 0 aromatic heterocycles. The molecule has 1 unspecified atom stereocenters. The van der Waals surface area contributed by atoms with Crippen LogP contribution in [0.3, 0.4) is 0 Å². The summed E-state index contributed by atoms with van der Waals surface area (Å²) in [6, 6.07) is -0.619. The number of esters is 1. The lowest BCUT2D eigenvalue weighted by atomic mass is 10.1. The van der Waals surface area contributed by atoms with E-state index in [1.165, 1.54) is 19.2 Å². The van der Waals surface area contributed by atoms with Gasteiger partial charge in [-0.2, -0.15) is 0 Å². The molecule has 0 radical (unpaired) electrons. The number of amides is 2. The minimum atomic E-state index is -1.51. The van der Waals surface area contributed by atoms with Crippen LogP contribution < -0.4 is 11.1 Å². The van der Waals surface area contributed by atoms with Crippen LogP contribution in [0.5, 0.6) is 0 Å². The molecule has 0 spiro atoms. The van der Waals surface area contributed by atoms with Gasteiger partial charge in [0.2, 0.25) is 0 Å². The number of nitrogens with one attached hydrogen (secondary N) is 1. The molecule has 0 aromatic carbocycles. The van der Waals surface area contributed by atoms with E-state index in [2.05, 4.69) is 5.32 Å². The van der Waals surface area contributed by atoms with Crippen molar-refractivity contribution < 1.29 is 19.1 Å². The zero-order valence-corrected chi connectivity index (χ0v) is 11.5. The summed E-state index contributed by atoms with van der Waals surface area (Å²) >= 11 is 0. The van der Waals surface area contributed by atoms with Crippen molar-refractivity contribution in [1.29, 1.82) is 0 Å². The van der Waals surface area contributed by atoms with Crippen LogP contribution >= 0.6 is 0 Å². The molecule has 0 fully saturated rings. The van der Waals surface area contributed by atoms with Gasteiger partial charge in [0.05, 0.1) is 0 Å². The highest BCUT2D eigenvalue weighted by Gasteiger charge is 2.35. The van der Waals surface area contributed by atoms with E-state index in [9.17, 15) is 14.4 Å². The second kappa shape index (κ2) is 5.00. The Morgan fingerprint density at radius 3 is 2.47 bits per heavy atom. The van der Waals surface area contributed by atoms with Crippen molar-refractivity contribution in [2.45, 2.75) is 39.0 Å². The zero-order chi connectivity index (χ0) is 14.8. The normalized spacial score (nSPS) is 23.0. The van der Waals surface area contributed by atoms with Crippen molar-refractivity contribution in [2.75, 3.05) is 6.54 Å². The first-order valence-electron chi connectivity index (χ1n) is 5.83. The van der Waals surface area contributed by atoms with Gasteiger partial charge in [-0.1, -0.05) is 0 Å². The predicted molar refractivity (Wildman–Crippen MR) is 67.8 cm³/mol. The number of hydrogen-bond donors (Lipinski definition) is 2. The molecule has 2 amide bonds. The van der Waals surface area contributed by atoms with Crippen molar-refractivity contribution >= 4 is 17.8 Å². The van der Waals surface area contributed by atoms with E-state index in [4.69, 9.17) is 10.5 Å². The Balaban J connectivity index is 2.71. The molecule has 1 aliphatic rings. The molecule has 1 atom stereocenters. The molecule has 7 nitrogen and oxygen atoms in total. The van der Waals surface area contributed by atoms with Gasteiger partial charge in [-0.15, -0.1) is 0 Å². The molecule has 19 heavy (non-hydrogen) atoms. The van der Waals surface area contributed by atoms with Crippen LogP contribution in [-0.2, 0) is 14.3 Å². The quantitative estimate of drug-likeness (QED) is 0.708. The first-order valence-corrected chi connectivity index (χ1v) is 5.83. The van der Waals surface area contributed by atoms with Crippen molar-refractivity contribution in [3.8, 4) is 0 Å². The standard InChI is InChI=1S/C12H19N3O4/c1-8(16)12(13)5-6-15(10(18)14-12)7-9(17)19-11(2,3)4/h5-6H,7,13H2,1-4H3,(H,14,18). The maximum absolute atomic E-state index is 11.7. The van der Waals surface area contributed by atoms with Gasteiger partial charge < -0.3 is 10.1 Å². The first-order chi connectivity index (χ1) is 8.53. The maximum atomic E-state index is 11.7. The van der Waals surface area contributed by atoms with Crippen molar-refractivity contribution in [1.82, 2.24) is 10.2 Å². The van der Waals surface area contributed by atoms with E-state index >= 15 is 0 Å². The number of carbonyl (C=O) groups excluding carboxylic acids is 3. The smallest absolute Gasteiger partial charge is 0.326 e. The minimum Gasteiger partial charge on any atom is -0.459 e. The van der Waals surface area contributed by atoms with Crippen molar-refractivity contribution in [3.05, 3.63) is 12.3 Å². The molecule has 3 N–H and O–H groups in total. The average molecular weight is 269 g/mol. The number of nitrogens with two attached hydrogens (primary N) is 1. The fourth-order valence-corrected chi connectivity index (χ4v) is 1.41. The molecule has 0 aliphatic carbocycles. The molecule has 7 heteroatoms. The second-order valence-electron chi connectivity index (χ2n) is 5.39. The second-order valence-corrected chi connectivity index (χ2v) is 5.39. The molecule has 1 heterocycles. The third-order valence-electron chi connectivity index (χ3n) is 2.39. The summed E-state index contributed by atoms with van der Waals surface area (Å²) in [4.78, 5) is 35.7. The highest BCUT2D eigenvalue weighted by molar-refractivity contribution is 5.94. The van der Waals surface area contributed by atoms with Crippen LogP contribution in [0.4, 0.5) is 4.79 Å². The van der Waals surface area contributed by atoms with Crippen LogP contribution in [0, 0.1) is 0 Å². The molecule has 0 aromatic rings. The summed E-state index contributed by atoms with van der Waals surface area (Å²) in [5.74, 6) is -0.936. The summed E-state index contributed by atoms with van der Waals surface area (Å²) in [7, 11) is 0. The SMILES string of the molecule is CC(=O)C1(N)C=CN(CC(=O)OC(C)(C)C)C(=O)N1. The molecule has 0 bridgehead atoms. The number of ether oxygens (including phenoxy) is 1. The maximum Gasteiger partial charge on any atom is 0.326 e. The fraction of sp³-hybridized carbons (Fsp3) is 0.583. The topological polar surface area (TPSA) is 102 Å². The summed E-state index contributed by atoms with van der Waals surface area (Å²) in [5.41, 5.74) is 3.54. The first kappa shape index (κ1) is 15.2.